The predicted octanol–water partition coefficient (Wildman–Crippen LogP) is 1.77. The van der Waals surface area contributed by atoms with E-state index in [1.165, 1.54) is 22.5 Å². The monoisotopic (exact) mass is 359 g/mol. The summed E-state index contributed by atoms with van der Waals surface area (Å²) < 4.78 is 32.2. The van der Waals surface area contributed by atoms with Crippen LogP contribution < -0.4 is 5.76 Å². The van der Waals surface area contributed by atoms with E-state index in [0.717, 1.165) is 18.5 Å². The molecule has 1 aliphatic rings. The molecule has 0 saturated carbocycles. The Hall–Kier alpha value is -2.45. The topological polar surface area (TPSA) is 96.3 Å². The number of fused-ring (bicyclic) bond motifs is 1. The van der Waals surface area contributed by atoms with Crippen LogP contribution in [0.3, 0.4) is 0 Å². The van der Waals surface area contributed by atoms with Crippen molar-refractivity contribution in [2.45, 2.75) is 17.7 Å². The largest absolute Gasteiger partial charge is 0.417 e. The molecule has 0 aliphatic carbocycles. The van der Waals surface area contributed by atoms with Crippen molar-refractivity contribution in [3.8, 4) is 0 Å². The maximum absolute atomic E-state index is 12.9. The predicted molar refractivity (Wildman–Crippen MR) is 91.6 cm³/mol. The van der Waals surface area contributed by atoms with E-state index in [4.69, 9.17) is 4.42 Å². The minimum atomic E-state index is -3.60. The lowest BCUT2D eigenvalue weighted by atomic mass is 10.0. The number of oxazole rings is 1. The van der Waals surface area contributed by atoms with Crippen LogP contribution >= 0.6 is 0 Å². The Morgan fingerprint density at radius 2 is 2.16 bits per heavy atom. The van der Waals surface area contributed by atoms with Crippen molar-refractivity contribution >= 4 is 21.1 Å². The number of rotatable bonds is 4. The molecule has 0 amide bonds. The molecule has 0 spiro atoms. The fraction of sp³-hybridized carbons (Fsp3) is 0.294. The molecule has 1 aromatic carbocycles. The van der Waals surface area contributed by atoms with Crippen LogP contribution in [-0.2, 0) is 16.4 Å². The van der Waals surface area contributed by atoms with Gasteiger partial charge in [-0.15, -0.1) is 0 Å². The van der Waals surface area contributed by atoms with E-state index in [9.17, 15) is 13.2 Å². The summed E-state index contributed by atoms with van der Waals surface area (Å²) in [4.78, 5) is 18.2. The molecular formula is C17H17N3O4S. The molecule has 1 N–H and O–H groups in total. The van der Waals surface area contributed by atoms with Gasteiger partial charge < -0.3 is 4.42 Å². The van der Waals surface area contributed by atoms with Crippen LogP contribution in [0.4, 0.5) is 0 Å². The molecule has 1 aliphatic heterocycles. The number of sulfonamides is 1. The highest BCUT2D eigenvalue weighted by Gasteiger charge is 2.33. The van der Waals surface area contributed by atoms with Gasteiger partial charge in [0.1, 0.15) is 0 Å². The SMILES string of the molecule is O=c1[nH]c2cc(S(=O)(=O)N3CCC(Cc4ccccn4)C3)ccc2o1. The lowest BCUT2D eigenvalue weighted by molar-refractivity contribution is 0.455. The summed E-state index contributed by atoms with van der Waals surface area (Å²) in [5, 5.41) is 0. The zero-order valence-electron chi connectivity index (χ0n) is 13.4. The zero-order chi connectivity index (χ0) is 17.4. The third-order valence-corrected chi connectivity index (χ3v) is 6.36. The number of hydrogen-bond acceptors (Lipinski definition) is 5. The molecule has 1 saturated heterocycles. The summed E-state index contributed by atoms with van der Waals surface area (Å²) in [6.07, 6.45) is 3.32. The second-order valence-corrected chi connectivity index (χ2v) is 8.15. The summed E-state index contributed by atoms with van der Waals surface area (Å²) in [5.41, 5.74) is 1.71. The third kappa shape index (κ3) is 3.10. The van der Waals surface area contributed by atoms with Crippen molar-refractivity contribution in [2.24, 2.45) is 5.92 Å². The van der Waals surface area contributed by atoms with E-state index in [1.54, 1.807) is 6.20 Å². The average molecular weight is 359 g/mol. The second-order valence-electron chi connectivity index (χ2n) is 6.22. The highest BCUT2D eigenvalue weighted by Crippen LogP contribution is 2.27. The first-order valence-corrected chi connectivity index (χ1v) is 9.49. The molecule has 1 fully saturated rings. The summed E-state index contributed by atoms with van der Waals surface area (Å²) in [7, 11) is -3.60. The zero-order valence-corrected chi connectivity index (χ0v) is 14.2. The lowest BCUT2D eigenvalue weighted by Crippen LogP contribution is -2.29. The Morgan fingerprint density at radius 3 is 2.96 bits per heavy atom. The van der Waals surface area contributed by atoms with Crippen molar-refractivity contribution in [2.75, 3.05) is 13.1 Å². The smallest absolute Gasteiger partial charge is 0.408 e. The quantitative estimate of drug-likeness (QED) is 0.766. The van der Waals surface area contributed by atoms with Crippen LogP contribution in [0.25, 0.3) is 11.1 Å². The number of H-pyrrole nitrogens is 1. The molecule has 3 heterocycles. The van der Waals surface area contributed by atoms with Crippen LogP contribution in [0.15, 0.2) is 56.7 Å². The molecule has 8 heteroatoms. The molecule has 0 bridgehead atoms. The Balaban J connectivity index is 1.54. The lowest BCUT2D eigenvalue weighted by Gasteiger charge is -2.16. The molecule has 1 atom stereocenters. The Labute approximate surface area is 144 Å². The number of benzene rings is 1. The van der Waals surface area contributed by atoms with Gasteiger partial charge in [0, 0.05) is 25.0 Å². The standard InChI is InChI=1S/C17H17N3O4S/c21-17-19-15-10-14(4-5-16(15)24-17)25(22,23)20-8-6-12(11-20)9-13-3-1-2-7-18-13/h1-5,7,10,12H,6,8-9,11H2,(H,19,21). The molecule has 25 heavy (non-hydrogen) atoms. The van der Waals surface area contributed by atoms with Gasteiger partial charge in [0.2, 0.25) is 10.0 Å². The van der Waals surface area contributed by atoms with Crippen LogP contribution in [-0.4, -0.2) is 35.8 Å². The van der Waals surface area contributed by atoms with E-state index >= 15 is 0 Å². The summed E-state index contributed by atoms with van der Waals surface area (Å²) in [6.45, 7) is 0.957. The van der Waals surface area contributed by atoms with Crippen molar-refractivity contribution in [3.63, 3.8) is 0 Å². The van der Waals surface area contributed by atoms with Gasteiger partial charge in [-0.3, -0.25) is 9.97 Å². The van der Waals surface area contributed by atoms with Gasteiger partial charge >= 0.3 is 5.76 Å². The number of nitrogens with zero attached hydrogens (tertiary/aromatic N) is 2. The van der Waals surface area contributed by atoms with Crippen LogP contribution in [0.2, 0.25) is 0 Å². The average Bonchev–Trinajstić information content (AvgIpc) is 3.21. The number of hydrogen-bond donors (Lipinski definition) is 1. The first-order chi connectivity index (χ1) is 12.0. The van der Waals surface area contributed by atoms with Gasteiger partial charge in [-0.2, -0.15) is 4.31 Å². The fourth-order valence-electron chi connectivity index (χ4n) is 3.24. The Morgan fingerprint density at radius 1 is 1.28 bits per heavy atom. The van der Waals surface area contributed by atoms with Gasteiger partial charge in [0.15, 0.2) is 5.58 Å². The fourth-order valence-corrected chi connectivity index (χ4v) is 4.80. The first kappa shape index (κ1) is 16.0. The van der Waals surface area contributed by atoms with Crippen molar-refractivity contribution in [3.05, 3.63) is 58.8 Å². The highest BCUT2D eigenvalue weighted by atomic mass is 32.2. The molecule has 4 rings (SSSR count). The number of pyridine rings is 1. The van der Waals surface area contributed by atoms with Crippen molar-refractivity contribution in [1.82, 2.24) is 14.3 Å². The molecule has 1 unspecified atom stereocenters. The normalized spacial score (nSPS) is 18.8. The van der Waals surface area contributed by atoms with E-state index in [-0.39, 0.29) is 10.8 Å². The van der Waals surface area contributed by atoms with E-state index in [1.807, 2.05) is 18.2 Å². The minimum absolute atomic E-state index is 0.163. The Bertz CT molecular complexity index is 1060. The highest BCUT2D eigenvalue weighted by molar-refractivity contribution is 7.89. The molecular weight excluding hydrogens is 342 g/mol. The molecule has 0 radical (unpaired) electrons. The number of aromatic nitrogens is 2. The van der Waals surface area contributed by atoms with Crippen molar-refractivity contribution in [1.29, 1.82) is 0 Å². The van der Waals surface area contributed by atoms with Gasteiger partial charge in [0.05, 0.1) is 10.4 Å². The van der Waals surface area contributed by atoms with Gasteiger partial charge in [0.25, 0.3) is 0 Å². The summed E-state index contributed by atoms with van der Waals surface area (Å²) in [5.74, 6) is -0.344. The first-order valence-electron chi connectivity index (χ1n) is 8.05. The minimum Gasteiger partial charge on any atom is -0.408 e. The molecule has 7 nitrogen and oxygen atoms in total. The maximum atomic E-state index is 12.9. The summed E-state index contributed by atoms with van der Waals surface area (Å²) >= 11 is 0. The maximum Gasteiger partial charge on any atom is 0.417 e. The van der Waals surface area contributed by atoms with E-state index in [0.29, 0.717) is 24.2 Å². The number of aromatic amines is 1. The van der Waals surface area contributed by atoms with E-state index in [2.05, 4.69) is 9.97 Å². The molecule has 3 aromatic rings. The van der Waals surface area contributed by atoms with Gasteiger partial charge in [-0.1, -0.05) is 6.07 Å². The van der Waals surface area contributed by atoms with E-state index < -0.39 is 15.8 Å². The van der Waals surface area contributed by atoms with Crippen molar-refractivity contribution < 1.29 is 12.8 Å². The molecule has 2 aromatic heterocycles. The second kappa shape index (κ2) is 6.12. The molecule has 130 valence electrons. The summed E-state index contributed by atoms with van der Waals surface area (Å²) in [6, 6.07) is 10.2. The van der Waals surface area contributed by atoms with Gasteiger partial charge in [-0.05, 0) is 49.1 Å². The van der Waals surface area contributed by atoms with Crippen LogP contribution in [0, 0.1) is 5.92 Å². The number of nitrogens with one attached hydrogen (secondary N) is 1. The van der Waals surface area contributed by atoms with Gasteiger partial charge in [-0.25, -0.2) is 13.2 Å². The van der Waals surface area contributed by atoms with Crippen LogP contribution in [0.5, 0.6) is 0 Å². The third-order valence-electron chi connectivity index (χ3n) is 4.50. The Kier molecular flexibility index (Phi) is 3.93. The van der Waals surface area contributed by atoms with Crippen LogP contribution in [0.1, 0.15) is 12.1 Å².